The van der Waals surface area contributed by atoms with Crippen molar-refractivity contribution in [3.8, 4) is 0 Å². The van der Waals surface area contributed by atoms with Gasteiger partial charge < -0.3 is 18.9 Å². The van der Waals surface area contributed by atoms with Crippen LogP contribution in [0.3, 0.4) is 0 Å². The molecule has 2 heterocycles. The average Bonchev–Trinajstić information content (AvgIpc) is 2.87. The topological polar surface area (TPSA) is 105 Å². The van der Waals surface area contributed by atoms with Gasteiger partial charge in [0.05, 0.1) is 5.92 Å². The Morgan fingerprint density at radius 2 is 1.70 bits per heavy atom. The lowest BCUT2D eigenvalue weighted by atomic mass is 9.67. The minimum Gasteiger partial charge on any atom is -0.458 e. The van der Waals surface area contributed by atoms with Crippen LogP contribution in [-0.4, -0.2) is 48.3 Å². The smallest absolute Gasteiger partial charge is 0.348 e. The van der Waals surface area contributed by atoms with Crippen molar-refractivity contribution in [2.75, 3.05) is 0 Å². The number of carbonyl (C=O) groups excluding carboxylic acids is 4. The van der Waals surface area contributed by atoms with Crippen molar-refractivity contribution in [1.29, 1.82) is 0 Å². The normalized spacial score (nSPS) is 31.2. The quantitative estimate of drug-likeness (QED) is 0.334. The maximum absolute atomic E-state index is 12.8. The summed E-state index contributed by atoms with van der Waals surface area (Å²) in [5.41, 5.74) is 0.167. The van der Waals surface area contributed by atoms with Crippen molar-refractivity contribution in [2.24, 2.45) is 17.8 Å². The van der Waals surface area contributed by atoms with Gasteiger partial charge in [0.15, 0.2) is 12.2 Å². The largest absolute Gasteiger partial charge is 0.458 e. The molecule has 166 valence electrons. The van der Waals surface area contributed by atoms with Crippen LogP contribution in [0, 0.1) is 17.8 Å². The summed E-state index contributed by atoms with van der Waals surface area (Å²) in [5, 5.41) is 0. The number of hydrogen-bond acceptors (Lipinski definition) is 8. The second kappa shape index (κ2) is 9.18. The van der Waals surface area contributed by atoms with Gasteiger partial charge in [0.1, 0.15) is 12.2 Å². The van der Waals surface area contributed by atoms with E-state index in [1.807, 2.05) is 0 Å². The van der Waals surface area contributed by atoms with Crippen molar-refractivity contribution in [3.05, 3.63) is 12.2 Å². The third-order valence-electron chi connectivity index (χ3n) is 6.21. The molecule has 2 aliphatic heterocycles. The molecule has 0 N–H and O–H groups in total. The van der Waals surface area contributed by atoms with Crippen LogP contribution in [0.1, 0.15) is 59.3 Å². The lowest BCUT2D eigenvalue weighted by Crippen LogP contribution is -2.47. The summed E-state index contributed by atoms with van der Waals surface area (Å²) in [6.07, 6.45) is 0.334. The Kier molecular flexibility index (Phi) is 6.83. The summed E-state index contributed by atoms with van der Waals surface area (Å²) in [7, 11) is 0. The van der Waals surface area contributed by atoms with E-state index in [0.717, 1.165) is 12.8 Å². The molecule has 4 rings (SSSR count). The standard InChI is InChI=1S/C22H30O8/c1-5-15(27-19(23)11(3)4)21(25)28-16(6-2)22(26)30-18-13-7-12-8-14(10-13)20(24)29-17(18)9-12/h12-18H,3,5-10H2,1-2,4H3. The molecule has 0 radical (unpaired) electrons. The predicted octanol–water partition coefficient (Wildman–Crippen LogP) is 2.48. The Morgan fingerprint density at radius 3 is 2.33 bits per heavy atom. The molecular weight excluding hydrogens is 392 g/mol. The molecular formula is C22H30O8. The van der Waals surface area contributed by atoms with Gasteiger partial charge in [-0.2, -0.15) is 0 Å². The van der Waals surface area contributed by atoms with Crippen molar-refractivity contribution in [3.63, 3.8) is 0 Å². The molecule has 8 nitrogen and oxygen atoms in total. The first kappa shape index (κ1) is 22.3. The lowest BCUT2D eigenvalue weighted by Gasteiger charge is -2.41. The highest BCUT2D eigenvalue weighted by atomic mass is 16.6. The first-order chi connectivity index (χ1) is 14.2. The molecule has 8 heteroatoms. The van der Waals surface area contributed by atoms with Gasteiger partial charge >= 0.3 is 23.9 Å². The summed E-state index contributed by atoms with van der Waals surface area (Å²) >= 11 is 0. The van der Waals surface area contributed by atoms with Gasteiger partial charge in [-0.3, -0.25) is 4.79 Å². The fourth-order valence-corrected chi connectivity index (χ4v) is 4.69. The van der Waals surface area contributed by atoms with Gasteiger partial charge in [-0.15, -0.1) is 0 Å². The van der Waals surface area contributed by atoms with Crippen molar-refractivity contribution in [1.82, 2.24) is 0 Å². The number of hydrogen-bond donors (Lipinski definition) is 0. The Labute approximate surface area is 176 Å². The van der Waals surface area contributed by atoms with Crippen LogP contribution in [0.2, 0.25) is 0 Å². The van der Waals surface area contributed by atoms with Gasteiger partial charge in [-0.25, -0.2) is 14.4 Å². The van der Waals surface area contributed by atoms with Crippen LogP contribution in [-0.2, 0) is 38.1 Å². The van der Waals surface area contributed by atoms with Crippen molar-refractivity contribution >= 4 is 23.9 Å². The summed E-state index contributed by atoms with van der Waals surface area (Å²) in [5.74, 6) is -1.97. The zero-order chi connectivity index (χ0) is 22.0. The van der Waals surface area contributed by atoms with Crippen LogP contribution in [0.5, 0.6) is 0 Å². The molecule has 7 atom stereocenters. The Balaban J connectivity index is 1.62. The van der Waals surface area contributed by atoms with Crippen LogP contribution in [0.4, 0.5) is 0 Å². The van der Waals surface area contributed by atoms with E-state index in [-0.39, 0.29) is 36.2 Å². The summed E-state index contributed by atoms with van der Waals surface area (Å²) in [4.78, 5) is 49.1. The molecule has 7 unspecified atom stereocenters. The second-order valence-electron chi connectivity index (χ2n) is 8.56. The van der Waals surface area contributed by atoms with E-state index >= 15 is 0 Å². The summed E-state index contributed by atoms with van der Waals surface area (Å²) in [6.45, 7) is 8.33. The highest BCUT2D eigenvalue weighted by Gasteiger charge is 2.52. The van der Waals surface area contributed by atoms with E-state index in [1.165, 1.54) is 6.92 Å². The molecule has 4 aliphatic rings. The van der Waals surface area contributed by atoms with E-state index in [1.54, 1.807) is 13.8 Å². The molecule has 0 spiro atoms. The third-order valence-corrected chi connectivity index (χ3v) is 6.21. The SMILES string of the molecule is C=C(C)C(=O)OC(CC)C(=O)OC(CC)C(=O)OC1C2CC3CC(C2)C(=O)OC1C3. The van der Waals surface area contributed by atoms with Crippen LogP contribution in [0.15, 0.2) is 12.2 Å². The molecule has 0 amide bonds. The third kappa shape index (κ3) is 4.68. The molecule has 2 saturated carbocycles. The lowest BCUT2D eigenvalue weighted by molar-refractivity contribution is -0.189. The maximum Gasteiger partial charge on any atom is 0.348 e. The monoisotopic (exact) mass is 422 g/mol. The first-order valence-corrected chi connectivity index (χ1v) is 10.7. The molecule has 4 bridgehead atoms. The molecule has 0 aromatic rings. The number of fused-ring (bicyclic) bond motifs is 1. The zero-order valence-corrected chi connectivity index (χ0v) is 17.8. The van der Waals surface area contributed by atoms with Crippen molar-refractivity contribution in [2.45, 2.75) is 83.7 Å². The molecule has 0 aromatic heterocycles. The fraction of sp³-hybridized carbons (Fsp3) is 0.727. The maximum atomic E-state index is 12.8. The van der Waals surface area contributed by atoms with E-state index in [0.29, 0.717) is 18.8 Å². The Bertz CT molecular complexity index is 729. The molecule has 30 heavy (non-hydrogen) atoms. The summed E-state index contributed by atoms with van der Waals surface area (Å²) < 4.78 is 21.7. The Morgan fingerprint density at radius 1 is 1.03 bits per heavy atom. The van der Waals surface area contributed by atoms with Gasteiger partial charge in [0.25, 0.3) is 0 Å². The van der Waals surface area contributed by atoms with Gasteiger partial charge in [0.2, 0.25) is 0 Å². The predicted molar refractivity (Wildman–Crippen MR) is 104 cm³/mol. The minimum absolute atomic E-state index is 0.0796. The number of esters is 4. The molecule has 2 saturated heterocycles. The number of ether oxygens (including phenoxy) is 4. The Hall–Kier alpha value is -2.38. The van der Waals surface area contributed by atoms with Gasteiger partial charge in [-0.05, 0) is 51.4 Å². The number of carbonyl (C=O) groups is 4. The van der Waals surface area contributed by atoms with E-state index in [2.05, 4.69) is 6.58 Å². The van der Waals surface area contributed by atoms with Gasteiger partial charge in [-0.1, -0.05) is 20.4 Å². The highest BCUT2D eigenvalue weighted by Crippen LogP contribution is 2.48. The van der Waals surface area contributed by atoms with Crippen LogP contribution in [0.25, 0.3) is 0 Å². The van der Waals surface area contributed by atoms with E-state index < -0.39 is 42.3 Å². The molecule has 4 fully saturated rings. The van der Waals surface area contributed by atoms with Crippen LogP contribution < -0.4 is 0 Å². The van der Waals surface area contributed by atoms with Crippen LogP contribution >= 0.6 is 0 Å². The zero-order valence-electron chi connectivity index (χ0n) is 17.8. The van der Waals surface area contributed by atoms with E-state index in [4.69, 9.17) is 18.9 Å². The highest BCUT2D eigenvalue weighted by molar-refractivity contribution is 5.90. The molecule has 0 aromatic carbocycles. The van der Waals surface area contributed by atoms with Crippen molar-refractivity contribution < 1.29 is 38.1 Å². The molecule has 2 aliphatic carbocycles. The van der Waals surface area contributed by atoms with Gasteiger partial charge in [0, 0.05) is 11.5 Å². The average molecular weight is 422 g/mol. The first-order valence-electron chi connectivity index (χ1n) is 10.7. The number of rotatable bonds is 8. The second-order valence-corrected chi connectivity index (χ2v) is 8.56. The summed E-state index contributed by atoms with van der Waals surface area (Å²) in [6, 6.07) is 0. The van der Waals surface area contributed by atoms with E-state index in [9.17, 15) is 19.2 Å². The minimum atomic E-state index is -1.12. The fourth-order valence-electron chi connectivity index (χ4n) is 4.69.